The second-order valence-electron chi connectivity index (χ2n) is 8.86. The molecule has 4 rings (SSSR count). The fraction of sp³-hybridized carbons (Fsp3) is 0.393. The van der Waals surface area contributed by atoms with Crippen LogP contribution in [0.25, 0.3) is 0 Å². The summed E-state index contributed by atoms with van der Waals surface area (Å²) in [6.45, 7) is 7.64. The van der Waals surface area contributed by atoms with Crippen LogP contribution in [0.2, 0.25) is 0 Å². The number of carbonyl (C=O) groups is 3. The second-order valence-corrected chi connectivity index (χ2v) is 9.81. The Morgan fingerprint density at radius 1 is 1.11 bits per heavy atom. The van der Waals surface area contributed by atoms with Crippen molar-refractivity contribution >= 4 is 29.1 Å². The molecule has 2 aliphatic rings. The molecule has 0 spiro atoms. The quantitative estimate of drug-likeness (QED) is 0.424. The van der Waals surface area contributed by atoms with Gasteiger partial charge in [-0.05, 0) is 68.8 Å². The monoisotopic (exact) mass is 509 g/mol. The van der Waals surface area contributed by atoms with Gasteiger partial charge in [-0.1, -0.05) is 12.1 Å². The first-order chi connectivity index (χ1) is 17.3. The van der Waals surface area contributed by atoms with E-state index in [0.29, 0.717) is 29.0 Å². The van der Waals surface area contributed by atoms with E-state index in [4.69, 9.17) is 14.2 Å². The number of dihydropyridines is 1. The zero-order valence-corrected chi connectivity index (χ0v) is 22.0. The maximum atomic E-state index is 14.3. The molecular weight excluding hydrogens is 478 g/mol. The van der Waals surface area contributed by atoms with Crippen molar-refractivity contribution in [3.8, 4) is 5.75 Å². The van der Waals surface area contributed by atoms with E-state index in [1.165, 1.54) is 11.3 Å². The van der Waals surface area contributed by atoms with Crippen LogP contribution >= 0.6 is 11.3 Å². The number of Topliss-reactive ketones (excluding diaryl/α,β-unsaturated/α-hetero) is 1. The highest BCUT2D eigenvalue weighted by atomic mass is 32.1. The molecule has 3 atom stereocenters. The normalized spacial score (nSPS) is 21.6. The molecule has 0 fully saturated rings. The molecule has 0 saturated carbocycles. The number of esters is 2. The van der Waals surface area contributed by atoms with E-state index in [-0.39, 0.29) is 19.0 Å². The van der Waals surface area contributed by atoms with Crippen molar-refractivity contribution in [1.82, 2.24) is 5.32 Å². The molecule has 190 valence electrons. The fourth-order valence-corrected chi connectivity index (χ4v) is 6.19. The van der Waals surface area contributed by atoms with Crippen LogP contribution in [0, 0.1) is 12.8 Å². The van der Waals surface area contributed by atoms with Crippen molar-refractivity contribution in [2.75, 3.05) is 20.3 Å². The van der Waals surface area contributed by atoms with Gasteiger partial charge in [-0.25, -0.2) is 4.79 Å². The lowest BCUT2D eigenvalue weighted by atomic mass is 9.68. The predicted octanol–water partition coefficient (Wildman–Crippen LogP) is 4.78. The Morgan fingerprint density at radius 2 is 1.86 bits per heavy atom. The van der Waals surface area contributed by atoms with Crippen LogP contribution in [0.4, 0.5) is 0 Å². The molecule has 2 aromatic rings. The molecule has 1 aliphatic carbocycles. The summed E-state index contributed by atoms with van der Waals surface area (Å²) >= 11 is 1.49. The van der Waals surface area contributed by atoms with E-state index >= 15 is 0 Å². The standard InChI is InChI=1S/C28H31NO6S/c1-6-34-27(31)21-16(4)29-20-14-19(17-9-8-10-18(13-17)33-5)22(28(32)35-7-2)25(30)23(20)24(21)26-15(3)11-12-36-26/h8-13,19,22,24,29H,6-7,14H2,1-5H3. The number of hydrogen-bond acceptors (Lipinski definition) is 8. The molecule has 1 aliphatic heterocycles. The molecule has 36 heavy (non-hydrogen) atoms. The number of carbonyl (C=O) groups excluding carboxylic acids is 3. The van der Waals surface area contributed by atoms with Gasteiger partial charge in [-0.15, -0.1) is 11.3 Å². The smallest absolute Gasteiger partial charge is 0.336 e. The zero-order valence-electron chi connectivity index (χ0n) is 21.2. The van der Waals surface area contributed by atoms with E-state index in [9.17, 15) is 14.4 Å². The molecule has 3 unspecified atom stereocenters. The average molecular weight is 510 g/mol. The van der Waals surface area contributed by atoms with E-state index in [0.717, 1.165) is 21.7 Å². The van der Waals surface area contributed by atoms with Gasteiger partial charge in [0.15, 0.2) is 5.78 Å². The van der Waals surface area contributed by atoms with Gasteiger partial charge in [-0.2, -0.15) is 0 Å². The first-order valence-corrected chi connectivity index (χ1v) is 13.0. The number of ketones is 1. The number of nitrogens with one attached hydrogen (secondary N) is 1. The van der Waals surface area contributed by atoms with Gasteiger partial charge in [0.05, 0.1) is 31.8 Å². The number of hydrogen-bond donors (Lipinski definition) is 1. The summed E-state index contributed by atoms with van der Waals surface area (Å²) in [6.07, 6.45) is 0.409. The van der Waals surface area contributed by atoms with Crippen molar-refractivity contribution in [2.24, 2.45) is 5.92 Å². The minimum Gasteiger partial charge on any atom is -0.497 e. The van der Waals surface area contributed by atoms with Crippen molar-refractivity contribution in [3.05, 3.63) is 74.3 Å². The lowest BCUT2D eigenvalue weighted by Crippen LogP contribution is -2.43. The highest BCUT2D eigenvalue weighted by Gasteiger charge is 2.49. The minimum absolute atomic E-state index is 0.165. The van der Waals surface area contributed by atoms with Crippen LogP contribution in [-0.2, 0) is 23.9 Å². The summed E-state index contributed by atoms with van der Waals surface area (Å²) in [6, 6.07) is 9.39. The molecule has 0 bridgehead atoms. The van der Waals surface area contributed by atoms with Crippen molar-refractivity contribution in [3.63, 3.8) is 0 Å². The predicted molar refractivity (Wildman–Crippen MR) is 137 cm³/mol. The van der Waals surface area contributed by atoms with Gasteiger partial charge in [-0.3, -0.25) is 9.59 Å². The van der Waals surface area contributed by atoms with Crippen molar-refractivity contribution in [2.45, 2.75) is 46.0 Å². The maximum absolute atomic E-state index is 14.3. The Kier molecular flexibility index (Phi) is 7.64. The Balaban J connectivity index is 1.89. The van der Waals surface area contributed by atoms with Gasteiger partial charge >= 0.3 is 11.9 Å². The zero-order chi connectivity index (χ0) is 26.0. The summed E-state index contributed by atoms with van der Waals surface area (Å²) in [5.74, 6) is -2.82. The first kappa shape index (κ1) is 25.7. The molecule has 2 heterocycles. The summed E-state index contributed by atoms with van der Waals surface area (Å²) < 4.78 is 16.2. The van der Waals surface area contributed by atoms with Crippen LogP contribution in [0.1, 0.15) is 55.0 Å². The number of ether oxygens (including phenoxy) is 3. The third kappa shape index (κ3) is 4.57. The first-order valence-electron chi connectivity index (χ1n) is 12.1. The summed E-state index contributed by atoms with van der Waals surface area (Å²) in [4.78, 5) is 41.5. The Bertz CT molecular complexity index is 1260. The second kappa shape index (κ2) is 10.7. The Morgan fingerprint density at radius 3 is 2.50 bits per heavy atom. The molecule has 1 aromatic carbocycles. The third-order valence-corrected chi connectivity index (χ3v) is 7.82. The number of allylic oxidation sites excluding steroid dienone is 3. The van der Waals surface area contributed by atoms with E-state index in [1.807, 2.05) is 49.6 Å². The number of benzene rings is 1. The highest BCUT2D eigenvalue weighted by molar-refractivity contribution is 7.10. The molecule has 1 aromatic heterocycles. The van der Waals surface area contributed by atoms with E-state index in [1.54, 1.807) is 21.0 Å². The van der Waals surface area contributed by atoms with E-state index in [2.05, 4.69) is 5.32 Å². The Hall–Kier alpha value is -3.39. The average Bonchev–Trinajstić information content (AvgIpc) is 3.28. The third-order valence-electron chi connectivity index (χ3n) is 6.74. The minimum atomic E-state index is -1.04. The van der Waals surface area contributed by atoms with Crippen molar-refractivity contribution < 1.29 is 28.6 Å². The topological polar surface area (TPSA) is 90.9 Å². The van der Waals surface area contributed by atoms with Crippen molar-refractivity contribution in [1.29, 1.82) is 0 Å². The van der Waals surface area contributed by atoms with Gasteiger partial charge in [0.1, 0.15) is 11.7 Å². The summed E-state index contributed by atoms with van der Waals surface area (Å²) in [7, 11) is 1.58. The number of aryl methyl sites for hydroxylation is 1. The van der Waals surface area contributed by atoms with Crippen LogP contribution in [-0.4, -0.2) is 38.0 Å². The fourth-order valence-electron chi connectivity index (χ4n) is 5.14. The lowest BCUT2D eigenvalue weighted by molar-refractivity contribution is -0.152. The summed E-state index contributed by atoms with van der Waals surface area (Å²) in [5, 5.41) is 5.27. The van der Waals surface area contributed by atoms with Crippen LogP contribution in [0.15, 0.2) is 58.3 Å². The maximum Gasteiger partial charge on any atom is 0.336 e. The van der Waals surface area contributed by atoms with Crippen LogP contribution < -0.4 is 10.1 Å². The summed E-state index contributed by atoms with van der Waals surface area (Å²) in [5.41, 5.74) is 4.00. The number of thiophene rings is 1. The number of rotatable bonds is 7. The lowest BCUT2D eigenvalue weighted by Gasteiger charge is -2.39. The Labute approximate surface area is 215 Å². The molecule has 1 N–H and O–H groups in total. The van der Waals surface area contributed by atoms with Gasteiger partial charge in [0.25, 0.3) is 0 Å². The van der Waals surface area contributed by atoms with E-state index < -0.39 is 29.7 Å². The molecule has 8 heteroatoms. The SMILES string of the molecule is CCOC(=O)C1=C(C)NC2=C(C(=O)C(C(=O)OCC)C(c3cccc(OC)c3)C2)C1c1sccc1C. The highest BCUT2D eigenvalue weighted by Crippen LogP contribution is 2.49. The number of methoxy groups -OCH3 is 1. The molecule has 0 amide bonds. The van der Waals surface area contributed by atoms with Gasteiger partial charge < -0.3 is 19.5 Å². The van der Waals surface area contributed by atoms with Gasteiger partial charge in [0.2, 0.25) is 0 Å². The molecule has 0 saturated heterocycles. The van der Waals surface area contributed by atoms with Gasteiger partial charge in [0, 0.05) is 27.8 Å². The molecule has 7 nitrogen and oxygen atoms in total. The molecule has 0 radical (unpaired) electrons. The largest absolute Gasteiger partial charge is 0.497 e. The molecular formula is C28H31NO6S. The van der Waals surface area contributed by atoms with Crippen LogP contribution in [0.5, 0.6) is 5.75 Å². The van der Waals surface area contributed by atoms with Crippen LogP contribution in [0.3, 0.4) is 0 Å².